The third kappa shape index (κ3) is 2.93. The summed E-state index contributed by atoms with van der Waals surface area (Å²) in [6.45, 7) is 2.61. The van der Waals surface area contributed by atoms with E-state index in [1.807, 2.05) is 18.2 Å². The van der Waals surface area contributed by atoms with Crippen molar-refractivity contribution in [2.45, 2.75) is 18.8 Å². The molecule has 25 heavy (non-hydrogen) atoms. The molecule has 0 radical (unpaired) electrons. The summed E-state index contributed by atoms with van der Waals surface area (Å²) in [6, 6.07) is 21.3. The molecule has 0 saturated carbocycles. The molecule has 2 N–H and O–H groups in total. The van der Waals surface area contributed by atoms with Gasteiger partial charge < -0.3 is 14.9 Å². The molecule has 0 amide bonds. The van der Waals surface area contributed by atoms with E-state index in [9.17, 15) is 10.2 Å². The lowest BCUT2D eigenvalue weighted by Gasteiger charge is -2.34. The lowest BCUT2D eigenvalue weighted by molar-refractivity contribution is 0.247. The van der Waals surface area contributed by atoms with Crippen LogP contribution in [0.3, 0.4) is 0 Å². The lowest BCUT2D eigenvalue weighted by Crippen LogP contribution is -2.25. The number of rotatable bonds is 2. The molecule has 2 atom stereocenters. The number of aromatic hydroxyl groups is 2. The highest BCUT2D eigenvalue weighted by Gasteiger charge is 2.33. The van der Waals surface area contributed by atoms with E-state index < -0.39 is 0 Å². The van der Waals surface area contributed by atoms with Crippen LogP contribution in [0.25, 0.3) is 0 Å². The first-order valence-corrected chi connectivity index (χ1v) is 8.43. The normalized spacial score (nSPS) is 19.1. The number of fused-ring (bicyclic) bond motifs is 1. The van der Waals surface area contributed by atoms with E-state index in [1.165, 1.54) is 11.1 Å². The fourth-order valence-corrected chi connectivity index (χ4v) is 3.59. The Morgan fingerprint density at radius 1 is 0.800 bits per heavy atom. The zero-order chi connectivity index (χ0) is 17.4. The van der Waals surface area contributed by atoms with Crippen LogP contribution in [0.1, 0.15) is 34.1 Å². The van der Waals surface area contributed by atoms with Crippen LogP contribution in [-0.2, 0) is 0 Å². The maximum atomic E-state index is 9.79. The van der Waals surface area contributed by atoms with Crippen molar-refractivity contribution in [3.8, 4) is 17.2 Å². The number of aryl methyl sites for hydroxylation is 1. The van der Waals surface area contributed by atoms with Crippen molar-refractivity contribution in [1.29, 1.82) is 0 Å². The Morgan fingerprint density at radius 2 is 1.44 bits per heavy atom. The molecule has 3 nitrogen and oxygen atoms in total. The number of hydrogen-bond acceptors (Lipinski definition) is 3. The molecule has 3 aromatic rings. The van der Waals surface area contributed by atoms with Gasteiger partial charge in [-0.25, -0.2) is 0 Å². The molecule has 0 fully saturated rings. The fraction of sp³-hybridized carbons (Fsp3) is 0.182. The predicted octanol–water partition coefficient (Wildman–Crippen LogP) is 4.71. The van der Waals surface area contributed by atoms with E-state index in [1.54, 1.807) is 24.3 Å². The van der Waals surface area contributed by atoms with Crippen molar-refractivity contribution in [1.82, 2.24) is 0 Å². The van der Waals surface area contributed by atoms with Gasteiger partial charge >= 0.3 is 0 Å². The quantitative estimate of drug-likeness (QED) is 0.714. The van der Waals surface area contributed by atoms with Gasteiger partial charge in [-0.15, -0.1) is 0 Å². The molecule has 1 aliphatic heterocycles. The second-order valence-electron chi connectivity index (χ2n) is 6.62. The van der Waals surface area contributed by atoms with Gasteiger partial charge in [0.15, 0.2) is 0 Å². The maximum Gasteiger partial charge on any atom is 0.126 e. The van der Waals surface area contributed by atoms with Gasteiger partial charge in [0.25, 0.3) is 0 Å². The van der Waals surface area contributed by atoms with E-state index in [2.05, 4.69) is 31.2 Å². The summed E-state index contributed by atoms with van der Waals surface area (Å²) < 4.78 is 5.95. The molecule has 1 heterocycles. The Kier molecular flexibility index (Phi) is 3.85. The zero-order valence-corrected chi connectivity index (χ0v) is 14.0. The summed E-state index contributed by atoms with van der Waals surface area (Å²) >= 11 is 0. The van der Waals surface area contributed by atoms with Crippen molar-refractivity contribution in [2.75, 3.05) is 6.61 Å². The smallest absolute Gasteiger partial charge is 0.126 e. The van der Waals surface area contributed by atoms with Gasteiger partial charge in [0.05, 0.1) is 6.61 Å². The second kappa shape index (κ2) is 6.17. The standard InChI is InChI=1S/C22H20O3/c1-14-2-4-16(5-3-14)22-19-11-10-18(24)12-21(19)25-13-20(22)15-6-8-17(23)9-7-15/h2-12,20,22-24H,13H2,1H3/t20-,22-/m1/s1. The first-order chi connectivity index (χ1) is 12.1. The minimum absolute atomic E-state index is 0.134. The molecular formula is C22H20O3. The summed E-state index contributed by atoms with van der Waals surface area (Å²) in [7, 11) is 0. The van der Waals surface area contributed by atoms with Crippen LogP contribution < -0.4 is 4.74 Å². The Morgan fingerprint density at radius 3 is 2.16 bits per heavy atom. The molecule has 0 spiro atoms. The molecule has 0 unspecified atom stereocenters. The van der Waals surface area contributed by atoms with Gasteiger partial charge in [0, 0.05) is 23.5 Å². The van der Waals surface area contributed by atoms with Crippen LogP contribution in [0.5, 0.6) is 17.2 Å². The van der Waals surface area contributed by atoms with Gasteiger partial charge in [0.2, 0.25) is 0 Å². The molecule has 1 aliphatic rings. The maximum absolute atomic E-state index is 9.79. The molecule has 0 saturated heterocycles. The van der Waals surface area contributed by atoms with Crippen LogP contribution in [-0.4, -0.2) is 16.8 Å². The molecule has 0 aliphatic carbocycles. The average Bonchev–Trinajstić information content (AvgIpc) is 2.62. The highest BCUT2D eigenvalue weighted by molar-refractivity contribution is 5.50. The monoisotopic (exact) mass is 332 g/mol. The number of benzene rings is 3. The van der Waals surface area contributed by atoms with Gasteiger partial charge in [-0.3, -0.25) is 0 Å². The van der Waals surface area contributed by atoms with Crippen LogP contribution in [0.15, 0.2) is 66.7 Å². The van der Waals surface area contributed by atoms with Crippen LogP contribution in [0.4, 0.5) is 0 Å². The number of phenolic OH excluding ortho intramolecular Hbond substituents is 2. The highest BCUT2D eigenvalue weighted by Crippen LogP contribution is 2.47. The largest absolute Gasteiger partial charge is 0.508 e. The van der Waals surface area contributed by atoms with E-state index in [-0.39, 0.29) is 23.3 Å². The predicted molar refractivity (Wildman–Crippen MR) is 97.5 cm³/mol. The van der Waals surface area contributed by atoms with Crippen molar-refractivity contribution >= 4 is 0 Å². The second-order valence-corrected chi connectivity index (χ2v) is 6.62. The SMILES string of the molecule is Cc1ccc([C@@H]2c3ccc(O)cc3OC[C@@H]2c2ccc(O)cc2)cc1. The van der Waals surface area contributed by atoms with Gasteiger partial charge in [-0.1, -0.05) is 48.0 Å². The van der Waals surface area contributed by atoms with Crippen molar-refractivity contribution < 1.29 is 14.9 Å². The molecular weight excluding hydrogens is 312 g/mol. The summed E-state index contributed by atoms with van der Waals surface area (Å²) in [5.41, 5.74) is 4.65. The van der Waals surface area contributed by atoms with Gasteiger partial charge in [-0.05, 0) is 36.2 Å². The summed E-state index contributed by atoms with van der Waals surface area (Å²) in [6.07, 6.45) is 0. The summed E-state index contributed by atoms with van der Waals surface area (Å²) in [5.74, 6) is 1.48. The Balaban J connectivity index is 1.84. The third-order valence-electron chi connectivity index (χ3n) is 4.91. The van der Waals surface area contributed by atoms with Crippen molar-refractivity contribution in [3.63, 3.8) is 0 Å². The van der Waals surface area contributed by atoms with E-state index >= 15 is 0 Å². The Bertz CT molecular complexity index is 882. The van der Waals surface area contributed by atoms with E-state index in [4.69, 9.17) is 4.74 Å². The molecule has 0 bridgehead atoms. The van der Waals surface area contributed by atoms with Crippen LogP contribution >= 0.6 is 0 Å². The van der Waals surface area contributed by atoms with E-state index in [0.29, 0.717) is 6.61 Å². The first-order valence-electron chi connectivity index (χ1n) is 8.43. The summed E-state index contributed by atoms with van der Waals surface area (Å²) in [4.78, 5) is 0. The highest BCUT2D eigenvalue weighted by atomic mass is 16.5. The molecule has 3 aromatic carbocycles. The van der Waals surface area contributed by atoms with Crippen molar-refractivity contribution in [3.05, 3.63) is 89.0 Å². The molecule has 0 aromatic heterocycles. The average molecular weight is 332 g/mol. The third-order valence-corrected chi connectivity index (χ3v) is 4.91. The van der Waals surface area contributed by atoms with Gasteiger partial charge in [0.1, 0.15) is 17.2 Å². The van der Waals surface area contributed by atoms with E-state index in [0.717, 1.165) is 16.9 Å². The van der Waals surface area contributed by atoms with Crippen LogP contribution in [0, 0.1) is 6.92 Å². The number of phenols is 2. The Hall–Kier alpha value is -2.94. The van der Waals surface area contributed by atoms with Crippen LogP contribution in [0.2, 0.25) is 0 Å². The van der Waals surface area contributed by atoms with Crippen molar-refractivity contribution in [2.24, 2.45) is 0 Å². The van der Waals surface area contributed by atoms with Gasteiger partial charge in [-0.2, -0.15) is 0 Å². The molecule has 3 heteroatoms. The number of ether oxygens (including phenoxy) is 1. The topological polar surface area (TPSA) is 49.7 Å². The fourth-order valence-electron chi connectivity index (χ4n) is 3.59. The molecule has 126 valence electrons. The molecule has 4 rings (SSSR count). The zero-order valence-electron chi connectivity index (χ0n) is 14.0. The Labute approximate surface area is 147 Å². The minimum atomic E-state index is 0.134. The summed E-state index contributed by atoms with van der Waals surface area (Å²) in [5, 5.41) is 19.4. The lowest BCUT2D eigenvalue weighted by atomic mass is 9.76. The number of hydrogen-bond donors (Lipinski definition) is 2. The first kappa shape index (κ1) is 15.6. The minimum Gasteiger partial charge on any atom is -0.508 e.